The Hall–Kier alpha value is -2.26. The van der Waals surface area contributed by atoms with Gasteiger partial charge in [-0.2, -0.15) is 0 Å². The van der Waals surface area contributed by atoms with Gasteiger partial charge in [-0.05, 0) is 30.7 Å². The van der Waals surface area contributed by atoms with E-state index in [9.17, 15) is 13.2 Å². The normalized spacial score (nSPS) is 12.6. The molecule has 6 nitrogen and oxygen atoms in total. The number of aromatic nitrogens is 1. The summed E-state index contributed by atoms with van der Waals surface area (Å²) in [6.45, 7) is 1.88. The lowest BCUT2D eigenvalue weighted by Gasteiger charge is -2.25. The molecule has 2 N–H and O–H groups in total. The molecule has 0 fully saturated rings. The van der Waals surface area contributed by atoms with Crippen LogP contribution in [0.15, 0.2) is 58.8 Å². The first-order valence-corrected chi connectivity index (χ1v) is 11.5. The quantitative estimate of drug-likeness (QED) is 0.618. The van der Waals surface area contributed by atoms with E-state index in [2.05, 4.69) is 4.98 Å². The third-order valence-corrected chi connectivity index (χ3v) is 6.84. The third-order valence-electron chi connectivity index (χ3n) is 4.65. The van der Waals surface area contributed by atoms with Crippen LogP contribution in [-0.2, 0) is 21.2 Å². The van der Waals surface area contributed by atoms with Gasteiger partial charge in [0.1, 0.15) is 5.01 Å². The van der Waals surface area contributed by atoms with Gasteiger partial charge in [0, 0.05) is 18.0 Å². The predicted molar refractivity (Wildman–Crippen MR) is 115 cm³/mol. The summed E-state index contributed by atoms with van der Waals surface area (Å²) in [4.78, 5) is 18.9. The lowest BCUT2D eigenvalue weighted by Crippen LogP contribution is -2.31. The van der Waals surface area contributed by atoms with Crippen molar-refractivity contribution in [2.45, 2.75) is 24.3 Å². The number of hydrogen-bond donors (Lipinski definition) is 1. The Morgan fingerprint density at radius 2 is 1.86 bits per heavy atom. The maximum absolute atomic E-state index is 12.7. The van der Waals surface area contributed by atoms with E-state index < -0.39 is 10.0 Å². The number of rotatable bonds is 6. The number of halogens is 1. The van der Waals surface area contributed by atoms with Gasteiger partial charge in [0.25, 0.3) is 0 Å². The molecule has 3 aromatic rings. The van der Waals surface area contributed by atoms with Gasteiger partial charge in [0.2, 0.25) is 15.9 Å². The number of likely N-dealkylation sites (N-methyl/N-ethyl adjacent to an activating group) is 1. The summed E-state index contributed by atoms with van der Waals surface area (Å²) in [6, 6.07) is 13.4. The molecule has 0 spiro atoms. The van der Waals surface area contributed by atoms with Crippen LogP contribution in [-0.4, -0.2) is 31.3 Å². The van der Waals surface area contributed by atoms with Gasteiger partial charge in [0.15, 0.2) is 0 Å². The number of hydrogen-bond acceptors (Lipinski definition) is 5. The first-order chi connectivity index (χ1) is 13.7. The zero-order chi connectivity index (χ0) is 21.2. The van der Waals surface area contributed by atoms with E-state index in [0.29, 0.717) is 10.7 Å². The zero-order valence-corrected chi connectivity index (χ0v) is 18.3. The molecule has 1 heterocycles. The average molecular weight is 450 g/mol. The average Bonchev–Trinajstić information content (AvgIpc) is 3.14. The molecule has 29 heavy (non-hydrogen) atoms. The van der Waals surface area contributed by atoms with E-state index in [4.69, 9.17) is 16.7 Å². The van der Waals surface area contributed by atoms with Gasteiger partial charge in [-0.25, -0.2) is 18.5 Å². The lowest BCUT2D eigenvalue weighted by atomic mass is 10.1. The first-order valence-electron chi connectivity index (χ1n) is 8.74. The van der Waals surface area contributed by atoms with Crippen LogP contribution >= 0.6 is 22.9 Å². The number of carbonyl (C=O) groups is 1. The van der Waals surface area contributed by atoms with Crippen molar-refractivity contribution in [2.24, 2.45) is 5.14 Å². The van der Waals surface area contributed by atoms with Crippen molar-refractivity contribution in [2.75, 3.05) is 7.05 Å². The van der Waals surface area contributed by atoms with E-state index >= 15 is 0 Å². The minimum absolute atomic E-state index is 0.0389. The fraction of sp³-hybridized carbons (Fsp3) is 0.200. The van der Waals surface area contributed by atoms with E-state index in [1.165, 1.54) is 23.5 Å². The minimum atomic E-state index is -3.74. The lowest BCUT2D eigenvalue weighted by molar-refractivity contribution is -0.131. The molecule has 0 saturated heterocycles. The summed E-state index contributed by atoms with van der Waals surface area (Å²) in [5, 5.41) is 8.37. The smallest absolute Gasteiger partial charge is 0.238 e. The summed E-state index contributed by atoms with van der Waals surface area (Å²) >= 11 is 7.66. The third kappa shape index (κ3) is 5.02. The van der Waals surface area contributed by atoms with Crippen molar-refractivity contribution in [1.29, 1.82) is 0 Å². The summed E-state index contributed by atoms with van der Waals surface area (Å²) in [5.41, 5.74) is 2.33. The minimum Gasteiger partial charge on any atom is -0.339 e. The SMILES string of the molecule is CC(c1ccc(S(N)(=O)=O)cc1)N(C)C(=O)Cc1csc(-c2ccccc2Cl)n1. The van der Waals surface area contributed by atoms with Gasteiger partial charge in [-0.15, -0.1) is 11.3 Å². The van der Waals surface area contributed by atoms with Gasteiger partial charge < -0.3 is 4.90 Å². The van der Waals surface area contributed by atoms with Crippen LogP contribution in [0.3, 0.4) is 0 Å². The second-order valence-corrected chi connectivity index (χ2v) is 9.42. The summed E-state index contributed by atoms with van der Waals surface area (Å²) in [6.07, 6.45) is 0.164. The topological polar surface area (TPSA) is 93.4 Å². The van der Waals surface area contributed by atoms with E-state index in [0.717, 1.165) is 16.1 Å². The molecule has 1 atom stereocenters. The van der Waals surface area contributed by atoms with Crippen molar-refractivity contribution in [1.82, 2.24) is 9.88 Å². The number of sulfonamides is 1. The number of primary sulfonamides is 1. The first kappa shape index (κ1) is 21.4. The molecule has 152 valence electrons. The van der Waals surface area contributed by atoms with E-state index in [1.54, 1.807) is 30.1 Å². The number of benzene rings is 2. The molecule has 1 aromatic heterocycles. The van der Waals surface area contributed by atoms with Crippen molar-refractivity contribution in [3.05, 3.63) is 70.2 Å². The molecular formula is C20H20ClN3O3S2. The fourth-order valence-electron chi connectivity index (χ4n) is 2.80. The number of nitrogens with zero attached hydrogens (tertiary/aromatic N) is 2. The van der Waals surface area contributed by atoms with Crippen molar-refractivity contribution in [3.63, 3.8) is 0 Å². The van der Waals surface area contributed by atoms with Crippen molar-refractivity contribution in [3.8, 4) is 10.6 Å². The van der Waals surface area contributed by atoms with Crippen LogP contribution < -0.4 is 5.14 Å². The van der Waals surface area contributed by atoms with Crippen LogP contribution in [0.25, 0.3) is 10.6 Å². The number of amides is 1. The second-order valence-electron chi connectivity index (χ2n) is 6.60. The van der Waals surface area contributed by atoms with Crippen LogP contribution in [0.5, 0.6) is 0 Å². The van der Waals surface area contributed by atoms with Gasteiger partial charge in [-0.3, -0.25) is 4.79 Å². The van der Waals surface area contributed by atoms with Gasteiger partial charge in [0.05, 0.1) is 28.1 Å². The second kappa shape index (κ2) is 8.62. The molecule has 0 radical (unpaired) electrons. The maximum atomic E-state index is 12.7. The van der Waals surface area contributed by atoms with Gasteiger partial charge >= 0.3 is 0 Å². The Bertz CT molecular complexity index is 1130. The summed E-state index contributed by atoms with van der Waals surface area (Å²) < 4.78 is 22.8. The Morgan fingerprint density at radius 3 is 2.48 bits per heavy atom. The predicted octanol–water partition coefficient (Wildman–Crippen LogP) is 3.87. The van der Waals surface area contributed by atoms with Crippen molar-refractivity contribution < 1.29 is 13.2 Å². The maximum Gasteiger partial charge on any atom is 0.238 e. The van der Waals surface area contributed by atoms with Gasteiger partial charge in [-0.1, -0.05) is 41.9 Å². The Labute approximate surface area is 179 Å². The molecule has 0 aliphatic heterocycles. The Kier molecular flexibility index (Phi) is 6.38. The molecule has 2 aromatic carbocycles. The molecule has 1 unspecified atom stereocenters. The highest BCUT2D eigenvalue weighted by atomic mass is 35.5. The standard InChI is InChI=1S/C20H20ClN3O3S2/c1-13(14-7-9-16(10-8-14)29(22,26)27)24(2)19(25)11-15-12-28-20(23-15)17-5-3-4-6-18(17)21/h3-10,12-13H,11H2,1-2H3,(H2,22,26,27). The summed E-state index contributed by atoms with van der Waals surface area (Å²) in [7, 11) is -2.03. The molecule has 0 aliphatic carbocycles. The molecule has 0 aliphatic rings. The largest absolute Gasteiger partial charge is 0.339 e. The molecule has 9 heteroatoms. The van der Waals surface area contributed by atoms with Crippen LogP contribution in [0.2, 0.25) is 5.02 Å². The molecule has 3 rings (SSSR count). The Morgan fingerprint density at radius 1 is 1.21 bits per heavy atom. The molecule has 1 amide bonds. The summed E-state index contributed by atoms with van der Waals surface area (Å²) in [5.74, 6) is -0.0935. The number of nitrogens with two attached hydrogens (primary N) is 1. The Balaban J connectivity index is 1.70. The molecule has 0 bridgehead atoms. The number of thiazole rings is 1. The monoisotopic (exact) mass is 449 g/mol. The zero-order valence-electron chi connectivity index (χ0n) is 15.9. The fourth-order valence-corrected chi connectivity index (χ4v) is 4.46. The molecular weight excluding hydrogens is 430 g/mol. The number of carbonyl (C=O) groups excluding carboxylic acids is 1. The van der Waals surface area contributed by atoms with E-state index in [1.807, 2.05) is 30.5 Å². The van der Waals surface area contributed by atoms with Crippen LogP contribution in [0, 0.1) is 0 Å². The highest BCUT2D eigenvalue weighted by Gasteiger charge is 2.20. The van der Waals surface area contributed by atoms with Crippen LogP contribution in [0.1, 0.15) is 24.2 Å². The van der Waals surface area contributed by atoms with Crippen molar-refractivity contribution >= 4 is 38.9 Å². The van der Waals surface area contributed by atoms with E-state index in [-0.39, 0.29) is 23.3 Å². The molecule has 0 saturated carbocycles. The highest BCUT2D eigenvalue weighted by molar-refractivity contribution is 7.89. The highest BCUT2D eigenvalue weighted by Crippen LogP contribution is 2.30. The van der Waals surface area contributed by atoms with Crippen LogP contribution in [0.4, 0.5) is 0 Å².